The van der Waals surface area contributed by atoms with E-state index in [9.17, 15) is 4.21 Å². The predicted octanol–water partition coefficient (Wildman–Crippen LogP) is 3.25. The van der Waals surface area contributed by atoms with Crippen LogP contribution in [0.5, 0.6) is 0 Å². The molecule has 2 aliphatic rings. The Morgan fingerprint density at radius 2 is 1.80 bits per heavy atom. The van der Waals surface area contributed by atoms with Gasteiger partial charge in [0.25, 0.3) is 0 Å². The van der Waals surface area contributed by atoms with E-state index in [1.54, 1.807) is 35.7 Å². The lowest BCUT2D eigenvalue weighted by molar-refractivity contribution is 0.466. The summed E-state index contributed by atoms with van der Waals surface area (Å²) in [5, 5.41) is 12.2. The second-order valence-corrected chi connectivity index (χ2v) is 11.9. The fourth-order valence-corrected chi connectivity index (χ4v) is 5.30. The van der Waals surface area contributed by atoms with Gasteiger partial charge in [-0.15, -0.1) is 0 Å². The first-order chi connectivity index (χ1) is 16.9. The topological polar surface area (TPSA) is 113 Å². The van der Waals surface area contributed by atoms with Crippen molar-refractivity contribution in [1.29, 1.82) is 0 Å². The normalized spacial score (nSPS) is 19.8. The quantitative estimate of drug-likeness (QED) is 0.439. The number of nitrogens with one attached hydrogen (secondary N) is 2. The number of fused-ring (bicyclic) bond motifs is 3. The van der Waals surface area contributed by atoms with Gasteiger partial charge in [0.2, 0.25) is 5.95 Å². The molecule has 4 aromatic rings. The number of rotatable bonds is 5. The minimum atomic E-state index is -2.32. The molecule has 2 aliphatic heterocycles. The summed E-state index contributed by atoms with van der Waals surface area (Å²) in [6.07, 6.45) is 9.12. The van der Waals surface area contributed by atoms with Crippen LogP contribution in [0.2, 0.25) is 0 Å². The lowest BCUT2D eigenvalue weighted by atomic mass is 10.2. The lowest BCUT2D eigenvalue weighted by Crippen LogP contribution is -2.51. The van der Waals surface area contributed by atoms with E-state index < -0.39 is 9.73 Å². The van der Waals surface area contributed by atoms with Crippen LogP contribution in [-0.2, 0) is 9.73 Å². The van der Waals surface area contributed by atoms with Crippen molar-refractivity contribution in [2.75, 3.05) is 35.8 Å². The predicted molar refractivity (Wildman–Crippen MR) is 138 cm³/mol. The number of hydrogen-bond donors (Lipinski definition) is 2. The monoisotopic (exact) mass is 489 g/mol. The second kappa shape index (κ2) is 8.58. The van der Waals surface area contributed by atoms with Gasteiger partial charge >= 0.3 is 0 Å². The summed E-state index contributed by atoms with van der Waals surface area (Å²) >= 11 is 0. The molecular weight excluding hydrogens is 462 g/mol. The molecule has 1 aromatic carbocycles. The molecule has 0 spiro atoms. The van der Waals surface area contributed by atoms with Crippen LogP contribution in [0.3, 0.4) is 0 Å². The first kappa shape index (κ1) is 21.9. The summed E-state index contributed by atoms with van der Waals surface area (Å²) in [4.78, 5) is 16.1. The van der Waals surface area contributed by atoms with Crippen molar-refractivity contribution < 1.29 is 4.21 Å². The van der Waals surface area contributed by atoms with Gasteiger partial charge in [-0.05, 0) is 49.2 Å². The van der Waals surface area contributed by atoms with Gasteiger partial charge in [0.1, 0.15) is 0 Å². The number of pyridine rings is 1. The zero-order chi connectivity index (χ0) is 24.0. The van der Waals surface area contributed by atoms with E-state index >= 15 is 0 Å². The van der Waals surface area contributed by atoms with E-state index in [1.807, 2.05) is 12.1 Å². The Balaban J connectivity index is 1.24. The SMILES string of the molecule is CS(C)(=O)=Nc1cccc(-n2ncc3cnc(Nc4ccc(N5CC6CCC(C5)N6)cc4)nc32)n1. The molecule has 11 heteroatoms. The summed E-state index contributed by atoms with van der Waals surface area (Å²) in [6.45, 7) is 2.12. The number of benzene rings is 1. The van der Waals surface area contributed by atoms with E-state index in [1.165, 1.54) is 18.5 Å². The Bertz CT molecular complexity index is 1490. The Kier molecular flexibility index (Phi) is 5.37. The minimum absolute atomic E-state index is 0.395. The molecule has 2 saturated heterocycles. The highest BCUT2D eigenvalue weighted by Crippen LogP contribution is 2.27. The molecule has 2 atom stereocenters. The third kappa shape index (κ3) is 4.69. The largest absolute Gasteiger partial charge is 0.368 e. The molecule has 0 amide bonds. The van der Waals surface area contributed by atoms with Crippen molar-refractivity contribution in [3.8, 4) is 5.82 Å². The second-order valence-electron chi connectivity index (χ2n) is 9.37. The molecular formula is C24H27N9OS. The molecule has 10 nitrogen and oxygen atoms in total. The molecule has 0 radical (unpaired) electrons. The van der Waals surface area contributed by atoms with Crippen LogP contribution in [0.4, 0.5) is 23.1 Å². The zero-order valence-electron chi connectivity index (χ0n) is 19.6. The van der Waals surface area contributed by atoms with Gasteiger partial charge in [-0.25, -0.2) is 14.2 Å². The molecule has 3 aromatic heterocycles. The lowest BCUT2D eigenvalue weighted by Gasteiger charge is -2.34. The average Bonchev–Trinajstić information content (AvgIpc) is 3.40. The van der Waals surface area contributed by atoms with Gasteiger partial charge in [-0.3, -0.25) is 0 Å². The van der Waals surface area contributed by atoms with Crippen LogP contribution in [0.25, 0.3) is 16.9 Å². The Hall–Kier alpha value is -3.57. The Labute approximate surface area is 204 Å². The molecule has 2 unspecified atom stereocenters. The maximum Gasteiger partial charge on any atom is 0.229 e. The number of aromatic nitrogens is 5. The van der Waals surface area contributed by atoms with Crippen LogP contribution in [0, 0.1) is 0 Å². The third-order valence-electron chi connectivity index (χ3n) is 6.26. The fraction of sp³-hybridized carbons (Fsp3) is 0.333. The summed E-state index contributed by atoms with van der Waals surface area (Å²) in [5.41, 5.74) is 2.77. The van der Waals surface area contributed by atoms with Crippen molar-refractivity contribution in [2.24, 2.45) is 4.36 Å². The summed E-state index contributed by atoms with van der Waals surface area (Å²) in [5.74, 6) is 1.41. The highest BCUT2D eigenvalue weighted by atomic mass is 32.2. The van der Waals surface area contributed by atoms with Crippen molar-refractivity contribution >= 4 is 43.9 Å². The standard InChI is InChI=1S/C24H27N9OS/c1-35(2,34)31-21-4-3-5-22(29-21)33-23-16(13-26-33)12-25-24(30-23)28-17-8-10-20(11-9-17)32-14-18-6-7-19(15-32)27-18/h3-5,8-13,18-19,27H,6-7,14-15H2,1-2H3,(H,25,28,30). The fourth-order valence-electron chi connectivity index (χ4n) is 4.74. The molecule has 5 heterocycles. The third-order valence-corrected chi connectivity index (χ3v) is 6.89. The van der Waals surface area contributed by atoms with Crippen molar-refractivity contribution in [3.63, 3.8) is 0 Å². The molecule has 0 saturated carbocycles. The van der Waals surface area contributed by atoms with Crippen molar-refractivity contribution in [1.82, 2.24) is 30.0 Å². The summed E-state index contributed by atoms with van der Waals surface area (Å²) in [7, 11) is -2.32. The van der Waals surface area contributed by atoms with Gasteiger partial charge in [-0.2, -0.15) is 19.1 Å². The summed E-state index contributed by atoms with van der Waals surface area (Å²) < 4.78 is 17.9. The molecule has 35 heavy (non-hydrogen) atoms. The van der Waals surface area contributed by atoms with Crippen LogP contribution < -0.4 is 15.5 Å². The van der Waals surface area contributed by atoms with Gasteiger partial charge in [0, 0.05) is 65.0 Å². The maximum atomic E-state index is 12.1. The van der Waals surface area contributed by atoms with Crippen molar-refractivity contribution in [2.45, 2.75) is 24.9 Å². The number of nitrogens with zero attached hydrogens (tertiary/aromatic N) is 7. The van der Waals surface area contributed by atoms with Crippen LogP contribution in [0.15, 0.2) is 59.2 Å². The van der Waals surface area contributed by atoms with E-state index in [2.05, 4.69) is 64.2 Å². The van der Waals surface area contributed by atoms with E-state index in [0.29, 0.717) is 35.3 Å². The van der Waals surface area contributed by atoms with Gasteiger partial charge in [0.05, 0.1) is 11.6 Å². The van der Waals surface area contributed by atoms with Crippen LogP contribution >= 0.6 is 0 Å². The molecule has 2 bridgehead atoms. The van der Waals surface area contributed by atoms with Gasteiger partial charge < -0.3 is 15.5 Å². The average molecular weight is 490 g/mol. The maximum absolute atomic E-state index is 12.1. The Morgan fingerprint density at radius 3 is 2.54 bits per heavy atom. The van der Waals surface area contributed by atoms with Crippen LogP contribution in [-0.4, -0.2) is 66.6 Å². The zero-order valence-corrected chi connectivity index (χ0v) is 20.4. The van der Waals surface area contributed by atoms with E-state index in [-0.39, 0.29) is 0 Å². The Morgan fingerprint density at radius 1 is 1.03 bits per heavy atom. The van der Waals surface area contributed by atoms with Gasteiger partial charge in [0.15, 0.2) is 17.3 Å². The number of anilines is 3. The first-order valence-corrected chi connectivity index (χ1v) is 14.0. The molecule has 0 aliphatic carbocycles. The minimum Gasteiger partial charge on any atom is -0.368 e. The van der Waals surface area contributed by atoms with Crippen molar-refractivity contribution in [3.05, 3.63) is 54.9 Å². The molecule has 180 valence electrons. The van der Waals surface area contributed by atoms with E-state index in [4.69, 9.17) is 0 Å². The highest BCUT2D eigenvalue weighted by Gasteiger charge is 2.32. The van der Waals surface area contributed by atoms with Gasteiger partial charge in [-0.1, -0.05) is 6.07 Å². The van der Waals surface area contributed by atoms with Crippen LogP contribution in [0.1, 0.15) is 12.8 Å². The smallest absolute Gasteiger partial charge is 0.229 e. The number of hydrogen-bond acceptors (Lipinski definition) is 9. The number of piperazine rings is 1. The van der Waals surface area contributed by atoms with E-state index in [0.717, 1.165) is 24.2 Å². The summed E-state index contributed by atoms with van der Waals surface area (Å²) in [6, 6.07) is 15.0. The highest BCUT2D eigenvalue weighted by molar-refractivity contribution is 7.92. The molecule has 6 rings (SSSR count). The molecule has 2 N–H and O–H groups in total. The molecule has 2 fully saturated rings. The first-order valence-electron chi connectivity index (χ1n) is 11.6.